The second-order valence-electron chi connectivity index (χ2n) is 3.54. The second-order valence-corrected chi connectivity index (χ2v) is 5.45. The van der Waals surface area contributed by atoms with Crippen LogP contribution in [0.25, 0.3) is 0 Å². The van der Waals surface area contributed by atoms with Crippen LogP contribution in [0.5, 0.6) is 5.75 Å². The first-order valence-electron chi connectivity index (χ1n) is 5.47. The molecule has 1 aromatic heterocycles. The molecule has 90 valence electrons. The Kier molecular flexibility index (Phi) is 4.45. The normalized spacial score (nSPS) is 10.2. The molecule has 1 heterocycles. The Labute approximate surface area is 114 Å². The first kappa shape index (κ1) is 12.5. The lowest BCUT2D eigenvalue weighted by molar-refractivity contribution is 0.340. The van der Waals surface area contributed by atoms with E-state index >= 15 is 0 Å². The van der Waals surface area contributed by atoms with Gasteiger partial charge in [0.1, 0.15) is 5.75 Å². The second kappa shape index (κ2) is 6.07. The Morgan fingerprint density at radius 1 is 1.29 bits per heavy atom. The summed E-state index contributed by atoms with van der Waals surface area (Å²) in [5.41, 5.74) is 1.11. The number of halogens is 1. The molecule has 0 saturated heterocycles. The van der Waals surface area contributed by atoms with Crippen LogP contribution < -0.4 is 10.1 Å². The summed E-state index contributed by atoms with van der Waals surface area (Å²) < 4.78 is 6.54. The van der Waals surface area contributed by atoms with Crippen LogP contribution in [0.3, 0.4) is 0 Å². The zero-order valence-corrected chi connectivity index (χ0v) is 12.0. The van der Waals surface area contributed by atoms with E-state index in [1.54, 1.807) is 11.3 Å². The highest BCUT2D eigenvalue weighted by Gasteiger charge is 1.98. The number of benzene rings is 1. The average molecular weight is 312 g/mol. The summed E-state index contributed by atoms with van der Waals surface area (Å²) in [5, 5.41) is 5.47. The van der Waals surface area contributed by atoms with Crippen LogP contribution in [-0.2, 0) is 6.54 Å². The van der Waals surface area contributed by atoms with Crippen molar-refractivity contribution in [2.24, 2.45) is 0 Å². The first-order valence-corrected chi connectivity index (χ1v) is 7.15. The maximum atomic E-state index is 5.40. The summed E-state index contributed by atoms with van der Waals surface area (Å²) in [6, 6.07) is 10.2. The lowest BCUT2D eigenvalue weighted by atomic mass is 10.3. The van der Waals surface area contributed by atoms with Crippen molar-refractivity contribution in [1.29, 1.82) is 0 Å². The molecule has 2 rings (SSSR count). The fraction of sp³-hybridized carbons (Fsp3) is 0.231. The lowest BCUT2D eigenvalue weighted by Gasteiger charge is -2.06. The van der Waals surface area contributed by atoms with Crippen LogP contribution in [0.2, 0.25) is 0 Å². The van der Waals surface area contributed by atoms with Crippen molar-refractivity contribution in [3.8, 4) is 5.75 Å². The molecule has 0 atom stereocenters. The summed E-state index contributed by atoms with van der Waals surface area (Å²) in [6.45, 7) is 3.54. The quantitative estimate of drug-likeness (QED) is 0.876. The number of ether oxygens (including phenoxy) is 1. The van der Waals surface area contributed by atoms with Gasteiger partial charge in [0.05, 0.1) is 6.61 Å². The van der Waals surface area contributed by atoms with Crippen molar-refractivity contribution >= 4 is 33.0 Å². The van der Waals surface area contributed by atoms with Crippen molar-refractivity contribution < 1.29 is 4.74 Å². The van der Waals surface area contributed by atoms with E-state index in [-0.39, 0.29) is 0 Å². The molecule has 0 bridgehead atoms. The number of anilines is 1. The molecular formula is C13H14BrNOS. The Bertz CT molecular complexity index is 467. The zero-order chi connectivity index (χ0) is 12.1. The molecule has 0 aliphatic heterocycles. The summed E-state index contributed by atoms with van der Waals surface area (Å²) >= 11 is 5.20. The van der Waals surface area contributed by atoms with Gasteiger partial charge in [0.15, 0.2) is 0 Å². The molecule has 0 radical (unpaired) electrons. The Hall–Kier alpha value is -1.00. The first-order chi connectivity index (χ1) is 8.28. The van der Waals surface area contributed by atoms with Gasteiger partial charge in [0.25, 0.3) is 0 Å². The van der Waals surface area contributed by atoms with Crippen molar-refractivity contribution in [3.63, 3.8) is 0 Å². The standard InChI is InChI=1S/C13H14BrNOS/c1-2-16-12-5-3-11(4-6-12)15-8-13-7-10(14)9-17-13/h3-7,9,15H,2,8H2,1H3. The van der Waals surface area contributed by atoms with Crippen molar-refractivity contribution in [3.05, 3.63) is 45.1 Å². The SMILES string of the molecule is CCOc1ccc(NCc2cc(Br)cs2)cc1. The van der Waals surface area contributed by atoms with Gasteiger partial charge in [-0.25, -0.2) is 0 Å². The fourth-order valence-corrected chi connectivity index (χ4v) is 2.86. The third-order valence-electron chi connectivity index (χ3n) is 2.25. The van der Waals surface area contributed by atoms with E-state index in [9.17, 15) is 0 Å². The van der Waals surface area contributed by atoms with E-state index in [0.29, 0.717) is 6.61 Å². The summed E-state index contributed by atoms with van der Waals surface area (Å²) in [4.78, 5) is 1.31. The molecule has 0 spiro atoms. The van der Waals surface area contributed by atoms with E-state index in [2.05, 4.69) is 32.7 Å². The zero-order valence-electron chi connectivity index (χ0n) is 9.57. The highest BCUT2D eigenvalue weighted by Crippen LogP contribution is 2.21. The maximum absolute atomic E-state index is 5.40. The smallest absolute Gasteiger partial charge is 0.119 e. The molecule has 0 fully saturated rings. The van der Waals surface area contributed by atoms with E-state index in [4.69, 9.17) is 4.74 Å². The van der Waals surface area contributed by atoms with Crippen LogP contribution in [0, 0.1) is 0 Å². The van der Waals surface area contributed by atoms with Gasteiger partial charge in [0.2, 0.25) is 0 Å². The van der Waals surface area contributed by atoms with E-state index in [1.165, 1.54) is 4.88 Å². The number of thiophene rings is 1. The van der Waals surface area contributed by atoms with Gasteiger partial charge in [-0.1, -0.05) is 0 Å². The minimum Gasteiger partial charge on any atom is -0.494 e. The summed E-state index contributed by atoms with van der Waals surface area (Å²) in [6.07, 6.45) is 0. The summed E-state index contributed by atoms with van der Waals surface area (Å²) in [5.74, 6) is 0.914. The predicted octanol–water partition coefficient (Wildman–Crippen LogP) is 4.52. The highest BCUT2D eigenvalue weighted by atomic mass is 79.9. The molecule has 0 unspecified atom stereocenters. The van der Waals surface area contributed by atoms with E-state index in [0.717, 1.165) is 22.5 Å². The van der Waals surface area contributed by atoms with Gasteiger partial charge < -0.3 is 10.1 Å². The molecule has 4 heteroatoms. The molecule has 0 saturated carbocycles. The number of hydrogen-bond acceptors (Lipinski definition) is 3. The Morgan fingerprint density at radius 3 is 2.65 bits per heavy atom. The Balaban J connectivity index is 1.90. The van der Waals surface area contributed by atoms with Crippen molar-refractivity contribution in [1.82, 2.24) is 0 Å². The minimum atomic E-state index is 0.704. The molecule has 2 aromatic rings. The monoisotopic (exact) mass is 311 g/mol. The number of rotatable bonds is 5. The van der Waals surface area contributed by atoms with Gasteiger partial charge in [-0.05, 0) is 53.2 Å². The van der Waals surface area contributed by atoms with Gasteiger partial charge in [-0.3, -0.25) is 0 Å². The van der Waals surface area contributed by atoms with Crippen LogP contribution in [0.4, 0.5) is 5.69 Å². The average Bonchev–Trinajstić information content (AvgIpc) is 2.75. The van der Waals surface area contributed by atoms with Gasteiger partial charge >= 0.3 is 0 Å². The largest absolute Gasteiger partial charge is 0.494 e. The van der Waals surface area contributed by atoms with Crippen LogP contribution in [0.15, 0.2) is 40.2 Å². The third kappa shape index (κ3) is 3.75. The molecule has 0 aliphatic rings. The molecule has 0 aliphatic carbocycles. The number of hydrogen-bond donors (Lipinski definition) is 1. The van der Waals surface area contributed by atoms with E-state index in [1.807, 2.05) is 31.2 Å². The highest BCUT2D eigenvalue weighted by molar-refractivity contribution is 9.10. The lowest BCUT2D eigenvalue weighted by Crippen LogP contribution is -1.97. The van der Waals surface area contributed by atoms with Crippen molar-refractivity contribution in [2.75, 3.05) is 11.9 Å². The fourth-order valence-electron chi connectivity index (χ4n) is 1.47. The van der Waals surface area contributed by atoms with Crippen LogP contribution in [-0.4, -0.2) is 6.61 Å². The van der Waals surface area contributed by atoms with Crippen LogP contribution >= 0.6 is 27.3 Å². The Morgan fingerprint density at radius 2 is 2.06 bits per heavy atom. The van der Waals surface area contributed by atoms with Gasteiger partial charge in [0, 0.05) is 27.0 Å². The molecule has 2 nitrogen and oxygen atoms in total. The topological polar surface area (TPSA) is 21.3 Å². The maximum Gasteiger partial charge on any atom is 0.119 e. The van der Waals surface area contributed by atoms with Gasteiger partial charge in [-0.15, -0.1) is 11.3 Å². The van der Waals surface area contributed by atoms with Gasteiger partial charge in [-0.2, -0.15) is 0 Å². The molecular weight excluding hydrogens is 298 g/mol. The summed E-state index contributed by atoms with van der Waals surface area (Å²) in [7, 11) is 0. The van der Waals surface area contributed by atoms with E-state index < -0.39 is 0 Å². The molecule has 0 amide bonds. The minimum absolute atomic E-state index is 0.704. The molecule has 1 aromatic carbocycles. The third-order valence-corrected chi connectivity index (χ3v) is 3.95. The van der Waals surface area contributed by atoms with Crippen molar-refractivity contribution in [2.45, 2.75) is 13.5 Å². The molecule has 1 N–H and O–H groups in total. The molecule has 17 heavy (non-hydrogen) atoms. The van der Waals surface area contributed by atoms with Crippen LogP contribution in [0.1, 0.15) is 11.8 Å². The number of nitrogens with one attached hydrogen (secondary N) is 1. The predicted molar refractivity (Wildman–Crippen MR) is 77.0 cm³/mol.